The molecule has 1 aliphatic carbocycles. The van der Waals surface area contributed by atoms with Crippen molar-refractivity contribution in [2.24, 2.45) is 0 Å². The molecular weight excluding hydrogens is 232 g/mol. The molecule has 0 aliphatic heterocycles. The highest BCUT2D eigenvalue weighted by Crippen LogP contribution is 2.19. The summed E-state index contributed by atoms with van der Waals surface area (Å²) in [5, 5.41) is 11.2. The third-order valence-corrected chi connectivity index (χ3v) is 3.70. The number of hydrogen-bond donors (Lipinski definition) is 2. The van der Waals surface area contributed by atoms with E-state index in [0.717, 1.165) is 31.4 Å². The van der Waals surface area contributed by atoms with Crippen molar-refractivity contribution in [2.45, 2.75) is 51.6 Å². The van der Waals surface area contributed by atoms with Gasteiger partial charge in [0.05, 0.1) is 10.6 Å². The van der Waals surface area contributed by atoms with Gasteiger partial charge in [-0.3, -0.25) is 0 Å². The Hall–Kier alpha value is -0.520. The maximum atomic E-state index is 4.18. The van der Waals surface area contributed by atoms with Gasteiger partial charge in [0, 0.05) is 12.6 Å². The molecule has 1 aromatic heterocycles. The Morgan fingerprint density at radius 1 is 1.35 bits per heavy atom. The molecule has 4 nitrogen and oxygen atoms in total. The van der Waals surface area contributed by atoms with Crippen LogP contribution in [0.4, 0.5) is 0 Å². The Morgan fingerprint density at radius 3 is 2.88 bits per heavy atom. The molecule has 17 heavy (non-hydrogen) atoms. The smallest absolute Gasteiger partial charge is 0.0826 e. The van der Waals surface area contributed by atoms with E-state index in [2.05, 4.69) is 34.1 Å². The normalized spacial score (nSPS) is 15.7. The molecule has 0 atom stereocenters. The maximum Gasteiger partial charge on any atom is 0.0826 e. The average molecular weight is 254 g/mol. The monoisotopic (exact) mass is 254 g/mol. The number of aromatic nitrogens is 2. The van der Waals surface area contributed by atoms with Crippen LogP contribution in [0.15, 0.2) is 0 Å². The van der Waals surface area contributed by atoms with E-state index in [1.54, 1.807) is 0 Å². The van der Waals surface area contributed by atoms with Crippen LogP contribution in [0.5, 0.6) is 0 Å². The number of nitrogens with zero attached hydrogens (tertiary/aromatic N) is 2. The van der Waals surface area contributed by atoms with Gasteiger partial charge >= 0.3 is 0 Å². The Bertz CT molecular complexity index is 333. The average Bonchev–Trinajstić information content (AvgIpc) is 2.99. The lowest BCUT2D eigenvalue weighted by Gasteiger charge is -2.06. The molecule has 1 fully saturated rings. The van der Waals surface area contributed by atoms with Gasteiger partial charge < -0.3 is 10.6 Å². The maximum absolute atomic E-state index is 4.18. The fourth-order valence-electron chi connectivity index (χ4n) is 1.79. The third-order valence-electron chi connectivity index (χ3n) is 2.96. The number of rotatable bonds is 8. The predicted octanol–water partition coefficient (Wildman–Crippen LogP) is 1.89. The Kier molecular flexibility index (Phi) is 4.88. The summed E-state index contributed by atoms with van der Waals surface area (Å²) in [5.74, 6) is 0.474. The van der Waals surface area contributed by atoms with Crippen LogP contribution < -0.4 is 10.6 Å². The lowest BCUT2D eigenvalue weighted by molar-refractivity contribution is 0.592. The van der Waals surface area contributed by atoms with Crippen LogP contribution in [0.25, 0.3) is 0 Å². The molecule has 0 bridgehead atoms. The molecular formula is C12H22N4S. The van der Waals surface area contributed by atoms with Gasteiger partial charge in [0.25, 0.3) is 0 Å². The van der Waals surface area contributed by atoms with E-state index >= 15 is 0 Å². The van der Waals surface area contributed by atoms with E-state index in [0.29, 0.717) is 5.92 Å². The van der Waals surface area contributed by atoms with Crippen LogP contribution in [0.2, 0.25) is 0 Å². The van der Waals surface area contributed by atoms with Crippen molar-refractivity contribution in [1.82, 2.24) is 20.2 Å². The van der Waals surface area contributed by atoms with E-state index < -0.39 is 0 Å². The molecule has 2 N–H and O–H groups in total. The van der Waals surface area contributed by atoms with Gasteiger partial charge in [0.2, 0.25) is 0 Å². The topological polar surface area (TPSA) is 49.8 Å². The molecule has 5 heteroatoms. The molecule has 2 rings (SSSR count). The first-order chi connectivity index (χ1) is 8.27. The molecule has 1 aliphatic rings. The Balaban J connectivity index is 1.58. The minimum Gasteiger partial charge on any atom is -0.314 e. The van der Waals surface area contributed by atoms with Crippen molar-refractivity contribution in [3.8, 4) is 0 Å². The molecule has 1 aromatic rings. The number of hydrogen-bond acceptors (Lipinski definition) is 5. The summed E-state index contributed by atoms with van der Waals surface area (Å²) in [6.45, 7) is 7.44. The Labute approximate surface area is 107 Å². The lowest BCUT2D eigenvalue weighted by Crippen LogP contribution is -2.23. The van der Waals surface area contributed by atoms with Crippen molar-refractivity contribution >= 4 is 11.5 Å². The van der Waals surface area contributed by atoms with Gasteiger partial charge in [0.1, 0.15) is 0 Å². The molecule has 0 radical (unpaired) electrons. The standard InChI is InChI=1S/C12H22N4S/c1-9(2)12-11(17-16-15-12)8-13-6-3-7-14-10-4-5-10/h9-10,13-14H,3-8H2,1-2H3. The Morgan fingerprint density at radius 2 is 2.18 bits per heavy atom. The second-order valence-corrected chi connectivity index (χ2v) is 5.83. The fraction of sp³-hybridized carbons (Fsp3) is 0.833. The first-order valence-corrected chi connectivity index (χ1v) is 7.30. The fourth-order valence-corrected chi connectivity index (χ4v) is 2.55. The van der Waals surface area contributed by atoms with Crippen molar-refractivity contribution in [3.05, 3.63) is 10.6 Å². The van der Waals surface area contributed by atoms with Gasteiger partial charge in [-0.25, -0.2) is 0 Å². The van der Waals surface area contributed by atoms with E-state index in [9.17, 15) is 0 Å². The van der Waals surface area contributed by atoms with Crippen molar-refractivity contribution in [1.29, 1.82) is 0 Å². The summed E-state index contributed by atoms with van der Waals surface area (Å²) in [6.07, 6.45) is 3.94. The zero-order chi connectivity index (χ0) is 12.1. The van der Waals surface area contributed by atoms with Crippen LogP contribution in [0, 0.1) is 0 Å². The minimum absolute atomic E-state index is 0.474. The highest BCUT2D eigenvalue weighted by atomic mass is 32.1. The zero-order valence-electron chi connectivity index (χ0n) is 10.7. The molecule has 0 spiro atoms. The van der Waals surface area contributed by atoms with Crippen molar-refractivity contribution in [2.75, 3.05) is 13.1 Å². The first kappa shape index (κ1) is 12.9. The minimum atomic E-state index is 0.474. The first-order valence-electron chi connectivity index (χ1n) is 6.52. The predicted molar refractivity (Wildman–Crippen MR) is 71.3 cm³/mol. The van der Waals surface area contributed by atoms with Crippen LogP contribution in [-0.2, 0) is 6.54 Å². The highest BCUT2D eigenvalue weighted by Gasteiger charge is 2.19. The summed E-state index contributed by atoms with van der Waals surface area (Å²) in [4.78, 5) is 1.29. The summed E-state index contributed by atoms with van der Waals surface area (Å²) in [6, 6.07) is 0.827. The zero-order valence-corrected chi connectivity index (χ0v) is 11.5. The van der Waals surface area contributed by atoms with E-state index in [1.807, 2.05) is 0 Å². The summed E-state index contributed by atoms with van der Waals surface area (Å²) >= 11 is 1.52. The number of nitrogens with one attached hydrogen (secondary N) is 2. The molecule has 0 aromatic carbocycles. The lowest BCUT2D eigenvalue weighted by atomic mass is 10.1. The summed E-state index contributed by atoms with van der Waals surface area (Å²) in [5.41, 5.74) is 1.15. The molecule has 1 heterocycles. The van der Waals surface area contributed by atoms with Crippen molar-refractivity contribution in [3.63, 3.8) is 0 Å². The van der Waals surface area contributed by atoms with Gasteiger partial charge in [-0.15, -0.1) is 5.10 Å². The summed E-state index contributed by atoms with van der Waals surface area (Å²) in [7, 11) is 0. The van der Waals surface area contributed by atoms with Gasteiger partial charge in [0.15, 0.2) is 0 Å². The third kappa shape index (κ3) is 4.33. The SMILES string of the molecule is CC(C)c1nnsc1CNCCCNC1CC1. The van der Waals surface area contributed by atoms with E-state index in [-0.39, 0.29) is 0 Å². The van der Waals surface area contributed by atoms with Crippen molar-refractivity contribution < 1.29 is 0 Å². The van der Waals surface area contributed by atoms with Gasteiger partial charge in [-0.05, 0) is 49.8 Å². The second kappa shape index (κ2) is 6.42. The molecule has 0 unspecified atom stereocenters. The van der Waals surface area contributed by atoms with Crippen LogP contribution in [0.1, 0.15) is 49.6 Å². The quantitative estimate of drug-likeness (QED) is 0.696. The van der Waals surface area contributed by atoms with E-state index in [1.165, 1.54) is 35.7 Å². The summed E-state index contributed by atoms with van der Waals surface area (Å²) < 4.78 is 4.03. The van der Waals surface area contributed by atoms with Crippen LogP contribution in [-0.4, -0.2) is 28.7 Å². The molecule has 96 valence electrons. The molecule has 0 saturated heterocycles. The molecule has 1 saturated carbocycles. The van der Waals surface area contributed by atoms with Gasteiger partial charge in [-0.1, -0.05) is 18.3 Å². The largest absolute Gasteiger partial charge is 0.314 e. The molecule has 0 amide bonds. The van der Waals surface area contributed by atoms with Crippen LogP contribution in [0.3, 0.4) is 0 Å². The second-order valence-electron chi connectivity index (χ2n) is 4.99. The van der Waals surface area contributed by atoms with Crippen LogP contribution >= 0.6 is 11.5 Å². The van der Waals surface area contributed by atoms with Gasteiger partial charge in [-0.2, -0.15) is 0 Å². The highest BCUT2D eigenvalue weighted by molar-refractivity contribution is 7.05. The van der Waals surface area contributed by atoms with E-state index in [4.69, 9.17) is 0 Å².